The van der Waals surface area contributed by atoms with Crippen molar-refractivity contribution in [3.05, 3.63) is 80.5 Å². The molecule has 1 heterocycles. The van der Waals surface area contributed by atoms with Crippen LogP contribution >= 0.6 is 34.5 Å². The van der Waals surface area contributed by atoms with Crippen molar-refractivity contribution < 1.29 is 14.0 Å². The van der Waals surface area contributed by atoms with E-state index in [2.05, 4.69) is 15.6 Å². The van der Waals surface area contributed by atoms with Gasteiger partial charge in [0.1, 0.15) is 11.5 Å². The number of aromatic nitrogens is 1. The van der Waals surface area contributed by atoms with Crippen molar-refractivity contribution >= 4 is 51.5 Å². The molecule has 0 spiro atoms. The van der Waals surface area contributed by atoms with Crippen LogP contribution in [0, 0.1) is 5.82 Å². The fourth-order valence-corrected chi connectivity index (χ4v) is 3.15. The number of hydrogen-bond donors (Lipinski definition) is 2. The number of nitrogens with one attached hydrogen (secondary N) is 2. The van der Waals surface area contributed by atoms with Crippen LogP contribution in [0.4, 0.5) is 9.52 Å². The lowest BCUT2D eigenvalue weighted by Gasteiger charge is -2.04. The topological polar surface area (TPSA) is 71.1 Å². The van der Waals surface area contributed by atoms with E-state index in [1.165, 1.54) is 35.7 Å². The van der Waals surface area contributed by atoms with Gasteiger partial charge in [0, 0.05) is 17.5 Å². The van der Waals surface area contributed by atoms with E-state index in [9.17, 15) is 14.0 Å². The fourth-order valence-electron chi connectivity index (χ4n) is 2.16. The summed E-state index contributed by atoms with van der Waals surface area (Å²) in [6, 6.07) is 10.4. The van der Waals surface area contributed by atoms with E-state index in [4.69, 9.17) is 23.2 Å². The lowest BCUT2D eigenvalue weighted by atomic mass is 10.2. The first-order chi connectivity index (χ1) is 12.9. The van der Waals surface area contributed by atoms with Gasteiger partial charge in [-0.2, -0.15) is 0 Å². The van der Waals surface area contributed by atoms with Crippen LogP contribution in [0.2, 0.25) is 10.0 Å². The van der Waals surface area contributed by atoms with E-state index >= 15 is 0 Å². The summed E-state index contributed by atoms with van der Waals surface area (Å²) in [6.07, 6.45) is 0. The highest BCUT2D eigenvalue weighted by molar-refractivity contribution is 7.14. The molecule has 2 aromatic carbocycles. The summed E-state index contributed by atoms with van der Waals surface area (Å²) in [5.74, 6) is -1.22. The molecule has 0 saturated heterocycles. The predicted molar refractivity (Wildman–Crippen MR) is 104 cm³/mol. The smallest absolute Gasteiger partial charge is 0.271 e. The fraction of sp³-hybridized carbons (Fsp3) is 0.0556. The van der Waals surface area contributed by atoms with Crippen molar-refractivity contribution in [2.45, 2.75) is 6.54 Å². The average Bonchev–Trinajstić information content (AvgIpc) is 3.10. The second-order valence-electron chi connectivity index (χ2n) is 5.43. The van der Waals surface area contributed by atoms with Gasteiger partial charge in [-0.25, -0.2) is 9.37 Å². The van der Waals surface area contributed by atoms with E-state index in [1.807, 2.05) is 0 Å². The monoisotopic (exact) mass is 423 g/mol. The van der Waals surface area contributed by atoms with E-state index in [1.54, 1.807) is 12.1 Å². The molecule has 0 fully saturated rings. The van der Waals surface area contributed by atoms with Crippen molar-refractivity contribution in [2.24, 2.45) is 0 Å². The van der Waals surface area contributed by atoms with Gasteiger partial charge in [0.2, 0.25) is 0 Å². The number of rotatable bonds is 5. The Morgan fingerprint density at radius 2 is 1.89 bits per heavy atom. The number of carbonyl (C=O) groups is 2. The van der Waals surface area contributed by atoms with Crippen molar-refractivity contribution in [2.75, 3.05) is 5.32 Å². The molecule has 0 aliphatic rings. The Bertz CT molecular complexity index is 1010. The Kier molecular flexibility index (Phi) is 6.05. The summed E-state index contributed by atoms with van der Waals surface area (Å²) >= 11 is 12.8. The average molecular weight is 424 g/mol. The third kappa shape index (κ3) is 5.03. The third-order valence-corrected chi connectivity index (χ3v) is 4.98. The summed E-state index contributed by atoms with van der Waals surface area (Å²) < 4.78 is 13.1. The first-order valence-electron chi connectivity index (χ1n) is 7.67. The van der Waals surface area contributed by atoms with E-state index in [-0.39, 0.29) is 28.2 Å². The van der Waals surface area contributed by atoms with Gasteiger partial charge in [-0.15, -0.1) is 11.3 Å². The minimum atomic E-state index is -0.425. The SMILES string of the molecule is O=C(Nc1nc(C(=O)NCc2cccc(F)c2)cs1)c1ccc(Cl)c(Cl)c1. The summed E-state index contributed by atoms with van der Waals surface area (Å²) in [7, 11) is 0. The van der Waals surface area contributed by atoms with Crippen molar-refractivity contribution in [3.63, 3.8) is 0 Å². The molecule has 0 aliphatic carbocycles. The van der Waals surface area contributed by atoms with Crippen molar-refractivity contribution in [1.29, 1.82) is 0 Å². The Balaban J connectivity index is 1.61. The zero-order valence-corrected chi connectivity index (χ0v) is 16.0. The van der Waals surface area contributed by atoms with Gasteiger partial charge < -0.3 is 5.32 Å². The van der Waals surface area contributed by atoms with Gasteiger partial charge in [0.15, 0.2) is 5.13 Å². The van der Waals surface area contributed by atoms with E-state index in [0.29, 0.717) is 16.1 Å². The number of amides is 2. The molecule has 27 heavy (non-hydrogen) atoms. The molecular weight excluding hydrogens is 412 g/mol. The van der Waals surface area contributed by atoms with Crippen molar-refractivity contribution in [3.8, 4) is 0 Å². The highest BCUT2D eigenvalue weighted by Crippen LogP contribution is 2.23. The number of carbonyl (C=O) groups excluding carboxylic acids is 2. The molecule has 3 aromatic rings. The van der Waals surface area contributed by atoms with E-state index in [0.717, 1.165) is 11.3 Å². The molecule has 3 rings (SSSR count). The minimum absolute atomic E-state index is 0.154. The molecule has 2 N–H and O–H groups in total. The third-order valence-electron chi connectivity index (χ3n) is 3.48. The number of anilines is 1. The maximum Gasteiger partial charge on any atom is 0.271 e. The standard InChI is InChI=1S/C18H12Cl2FN3O2S/c19-13-5-4-11(7-14(13)20)16(25)24-18-23-15(9-27-18)17(26)22-8-10-2-1-3-12(21)6-10/h1-7,9H,8H2,(H,22,26)(H,23,24,25). The highest BCUT2D eigenvalue weighted by Gasteiger charge is 2.14. The van der Waals surface area contributed by atoms with Gasteiger partial charge in [-0.05, 0) is 35.9 Å². The highest BCUT2D eigenvalue weighted by atomic mass is 35.5. The summed E-state index contributed by atoms with van der Waals surface area (Å²) in [5.41, 5.74) is 1.10. The van der Waals surface area contributed by atoms with Crippen LogP contribution in [0.5, 0.6) is 0 Å². The molecule has 138 valence electrons. The number of nitrogens with zero attached hydrogens (tertiary/aromatic N) is 1. The molecule has 0 bridgehead atoms. The first-order valence-corrected chi connectivity index (χ1v) is 9.30. The molecule has 0 unspecified atom stereocenters. The summed E-state index contributed by atoms with van der Waals surface area (Å²) in [4.78, 5) is 28.5. The zero-order chi connectivity index (χ0) is 19.4. The van der Waals surface area contributed by atoms with Gasteiger partial charge in [-0.1, -0.05) is 35.3 Å². The maximum absolute atomic E-state index is 13.1. The molecule has 1 aromatic heterocycles. The zero-order valence-electron chi connectivity index (χ0n) is 13.6. The number of hydrogen-bond acceptors (Lipinski definition) is 4. The predicted octanol–water partition coefficient (Wildman–Crippen LogP) is 4.77. The normalized spacial score (nSPS) is 10.5. The van der Waals surface area contributed by atoms with Gasteiger partial charge in [0.05, 0.1) is 10.0 Å². The van der Waals surface area contributed by atoms with E-state index < -0.39 is 11.8 Å². The number of halogens is 3. The summed E-state index contributed by atoms with van der Waals surface area (Å²) in [5, 5.41) is 7.64. The van der Waals surface area contributed by atoms with Gasteiger partial charge in [-0.3, -0.25) is 14.9 Å². The van der Waals surface area contributed by atoms with Crippen molar-refractivity contribution in [1.82, 2.24) is 10.3 Å². The number of benzene rings is 2. The Hall–Kier alpha value is -2.48. The second-order valence-corrected chi connectivity index (χ2v) is 7.11. The molecule has 0 atom stereocenters. The lowest BCUT2D eigenvalue weighted by molar-refractivity contribution is 0.0945. The molecule has 0 aliphatic heterocycles. The minimum Gasteiger partial charge on any atom is -0.347 e. The lowest BCUT2D eigenvalue weighted by Crippen LogP contribution is -2.23. The molecule has 0 saturated carbocycles. The maximum atomic E-state index is 13.1. The Morgan fingerprint density at radius 3 is 2.63 bits per heavy atom. The Morgan fingerprint density at radius 1 is 1.07 bits per heavy atom. The van der Waals surface area contributed by atoms with Crippen LogP contribution in [-0.4, -0.2) is 16.8 Å². The van der Waals surface area contributed by atoms with Crippen LogP contribution in [0.25, 0.3) is 0 Å². The summed E-state index contributed by atoms with van der Waals surface area (Å²) in [6.45, 7) is 0.166. The number of thiazole rings is 1. The molecule has 5 nitrogen and oxygen atoms in total. The first kappa shape index (κ1) is 19.3. The van der Waals surface area contributed by atoms with Crippen LogP contribution in [0.15, 0.2) is 47.8 Å². The van der Waals surface area contributed by atoms with Crippen LogP contribution < -0.4 is 10.6 Å². The molecule has 0 radical (unpaired) electrons. The van der Waals surface area contributed by atoms with Crippen LogP contribution in [0.3, 0.4) is 0 Å². The van der Waals surface area contributed by atoms with Gasteiger partial charge in [0.25, 0.3) is 11.8 Å². The Labute approximate surface area is 168 Å². The quantitative estimate of drug-likeness (QED) is 0.620. The van der Waals surface area contributed by atoms with Gasteiger partial charge >= 0.3 is 0 Å². The molecule has 2 amide bonds. The largest absolute Gasteiger partial charge is 0.347 e. The van der Waals surface area contributed by atoms with Crippen LogP contribution in [0.1, 0.15) is 26.4 Å². The second kappa shape index (κ2) is 8.47. The van der Waals surface area contributed by atoms with Crippen LogP contribution in [-0.2, 0) is 6.54 Å². The molecule has 9 heteroatoms. The molecular formula is C18H12Cl2FN3O2S.